The number of phenolic OH excluding ortho intramolecular Hbond substituents is 1. The van der Waals surface area contributed by atoms with Gasteiger partial charge in [0.05, 0.1) is 14.2 Å². The van der Waals surface area contributed by atoms with Crippen LogP contribution in [-0.4, -0.2) is 37.9 Å². The molecular formula is C38H30F2O8. The minimum atomic E-state index is -0.594. The Morgan fingerprint density at radius 3 is 1.85 bits per heavy atom. The number of aromatic hydroxyl groups is 1. The standard InChI is InChI=1S/2C19H15FO4/c1-3-10-23-14-8-9-16-15(11-14)17(19(21)22-2)18(24-16)12-4-6-13(20)7-5-12;1-3-4-13-14(21)9-10-15-16(13)17(19(22)23-2)18(24-15)11-5-7-12(20)8-6-11/h3-9,11H,1,10H2,2H3;3,5-10,21H,1,4H2,2H3. The third-order valence-electron chi connectivity index (χ3n) is 7.31. The van der Waals surface area contributed by atoms with Crippen LogP contribution < -0.4 is 4.74 Å². The van der Waals surface area contributed by atoms with Gasteiger partial charge in [-0.25, -0.2) is 18.4 Å². The first-order chi connectivity index (χ1) is 23.2. The molecule has 0 spiro atoms. The van der Waals surface area contributed by atoms with Crippen LogP contribution >= 0.6 is 0 Å². The number of ether oxygens (including phenoxy) is 3. The number of halogens is 2. The fraction of sp³-hybridized carbons (Fsp3) is 0.105. The molecule has 2 heterocycles. The van der Waals surface area contributed by atoms with Crippen molar-refractivity contribution in [3.05, 3.63) is 132 Å². The Bertz CT molecular complexity index is 2120. The number of esters is 2. The number of furan rings is 2. The van der Waals surface area contributed by atoms with Crippen molar-refractivity contribution in [3.63, 3.8) is 0 Å². The highest BCUT2D eigenvalue weighted by molar-refractivity contribution is 6.11. The van der Waals surface area contributed by atoms with Crippen molar-refractivity contribution in [2.24, 2.45) is 0 Å². The molecule has 8 nitrogen and oxygen atoms in total. The summed E-state index contributed by atoms with van der Waals surface area (Å²) in [7, 11) is 2.57. The summed E-state index contributed by atoms with van der Waals surface area (Å²) in [6.07, 6.45) is 3.61. The van der Waals surface area contributed by atoms with Gasteiger partial charge in [-0.2, -0.15) is 0 Å². The Hall–Kier alpha value is -6.16. The minimum Gasteiger partial charge on any atom is -0.508 e. The molecule has 0 radical (unpaired) electrons. The predicted molar refractivity (Wildman–Crippen MR) is 177 cm³/mol. The van der Waals surface area contributed by atoms with Gasteiger partial charge in [0.25, 0.3) is 0 Å². The van der Waals surface area contributed by atoms with Gasteiger partial charge in [0.1, 0.15) is 63.6 Å². The quantitative estimate of drug-likeness (QED) is 0.122. The fourth-order valence-electron chi connectivity index (χ4n) is 5.13. The third kappa shape index (κ3) is 6.68. The first kappa shape index (κ1) is 33.2. The van der Waals surface area contributed by atoms with Gasteiger partial charge >= 0.3 is 11.9 Å². The van der Waals surface area contributed by atoms with Crippen LogP contribution in [0.15, 0.2) is 113 Å². The molecule has 48 heavy (non-hydrogen) atoms. The maximum Gasteiger partial charge on any atom is 0.342 e. The highest BCUT2D eigenvalue weighted by Crippen LogP contribution is 2.40. The van der Waals surface area contributed by atoms with Gasteiger partial charge in [-0.15, -0.1) is 6.58 Å². The van der Waals surface area contributed by atoms with E-state index in [-0.39, 0.29) is 34.3 Å². The molecule has 0 aliphatic carbocycles. The average molecular weight is 653 g/mol. The van der Waals surface area contributed by atoms with Crippen LogP contribution in [0.2, 0.25) is 0 Å². The van der Waals surface area contributed by atoms with Crippen LogP contribution in [0.1, 0.15) is 26.3 Å². The first-order valence-corrected chi connectivity index (χ1v) is 14.6. The molecule has 244 valence electrons. The molecule has 0 saturated carbocycles. The van der Waals surface area contributed by atoms with Gasteiger partial charge in [0.2, 0.25) is 0 Å². The normalized spacial score (nSPS) is 10.7. The fourth-order valence-corrected chi connectivity index (χ4v) is 5.13. The highest BCUT2D eigenvalue weighted by Gasteiger charge is 2.26. The molecule has 6 aromatic rings. The van der Waals surface area contributed by atoms with Crippen LogP contribution in [-0.2, 0) is 15.9 Å². The Morgan fingerprint density at radius 2 is 1.29 bits per heavy atom. The van der Waals surface area contributed by atoms with E-state index < -0.39 is 11.9 Å². The van der Waals surface area contributed by atoms with Crippen molar-refractivity contribution in [2.75, 3.05) is 20.8 Å². The highest BCUT2D eigenvalue weighted by atomic mass is 19.1. The van der Waals surface area contributed by atoms with Gasteiger partial charge in [0.15, 0.2) is 0 Å². The Balaban J connectivity index is 0.000000188. The molecule has 0 saturated heterocycles. The minimum absolute atomic E-state index is 0.0407. The van der Waals surface area contributed by atoms with E-state index in [1.165, 1.54) is 56.7 Å². The summed E-state index contributed by atoms with van der Waals surface area (Å²) in [5.41, 5.74) is 3.08. The van der Waals surface area contributed by atoms with Crippen LogP contribution in [0.5, 0.6) is 11.5 Å². The number of hydrogen-bond donors (Lipinski definition) is 1. The van der Waals surface area contributed by atoms with Crippen LogP contribution in [0.25, 0.3) is 44.6 Å². The van der Waals surface area contributed by atoms with Crippen molar-refractivity contribution >= 4 is 33.9 Å². The second-order valence-corrected chi connectivity index (χ2v) is 10.3. The number of carbonyl (C=O) groups excluding carboxylic acids is 2. The molecule has 2 aromatic heterocycles. The lowest BCUT2D eigenvalue weighted by Crippen LogP contribution is -2.03. The number of fused-ring (bicyclic) bond motifs is 2. The topological polar surface area (TPSA) is 108 Å². The van der Waals surface area contributed by atoms with E-state index in [9.17, 15) is 23.5 Å². The van der Waals surface area contributed by atoms with E-state index in [2.05, 4.69) is 13.2 Å². The Kier molecular flexibility index (Phi) is 10.0. The SMILES string of the molecule is C=CCOc1ccc2oc(-c3ccc(F)cc3)c(C(=O)OC)c2c1.C=CCc1c(O)ccc2oc(-c3ccc(F)cc3)c(C(=O)OC)c12. The molecule has 0 aliphatic heterocycles. The number of rotatable bonds is 9. The molecule has 10 heteroatoms. The van der Waals surface area contributed by atoms with Crippen molar-refractivity contribution in [1.29, 1.82) is 0 Å². The zero-order valence-corrected chi connectivity index (χ0v) is 26.0. The second kappa shape index (κ2) is 14.5. The molecular weight excluding hydrogens is 622 g/mol. The molecule has 0 amide bonds. The summed E-state index contributed by atoms with van der Waals surface area (Å²) in [5, 5.41) is 11.2. The monoisotopic (exact) mass is 652 g/mol. The summed E-state index contributed by atoms with van der Waals surface area (Å²) < 4.78 is 53.2. The molecule has 0 atom stereocenters. The number of carbonyl (C=O) groups is 2. The van der Waals surface area contributed by atoms with Gasteiger partial charge < -0.3 is 28.2 Å². The van der Waals surface area contributed by atoms with Crippen molar-refractivity contribution in [1.82, 2.24) is 0 Å². The van der Waals surface area contributed by atoms with Crippen molar-refractivity contribution in [2.45, 2.75) is 6.42 Å². The van der Waals surface area contributed by atoms with Gasteiger partial charge in [0, 0.05) is 27.5 Å². The number of phenols is 1. The van der Waals surface area contributed by atoms with Crippen LogP contribution in [0.4, 0.5) is 8.78 Å². The molecule has 0 bridgehead atoms. The predicted octanol–water partition coefficient (Wildman–Crippen LogP) is 9.05. The zero-order chi connectivity index (χ0) is 34.4. The summed E-state index contributed by atoms with van der Waals surface area (Å²) in [6, 6.07) is 19.6. The summed E-state index contributed by atoms with van der Waals surface area (Å²) in [6.45, 7) is 7.62. The maximum atomic E-state index is 13.2. The summed E-state index contributed by atoms with van der Waals surface area (Å²) >= 11 is 0. The molecule has 0 unspecified atom stereocenters. The lowest BCUT2D eigenvalue weighted by atomic mass is 9.99. The Labute approximate surface area is 274 Å². The zero-order valence-electron chi connectivity index (χ0n) is 26.0. The average Bonchev–Trinajstić information content (AvgIpc) is 3.68. The number of hydrogen-bond acceptors (Lipinski definition) is 8. The van der Waals surface area contributed by atoms with E-state index >= 15 is 0 Å². The van der Waals surface area contributed by atoms with E-state index in [4.69, 9.17) is 23.0 Å². The lowest BCUT2D eigenvalue weighted by molar-refractivity contribution is 0.0594. The number of allylic oxidation sites excluding steroid dienone is 1. The first-order valence-electron chi connectivity index (χ1n) is 14.6. The van der Waals surface area contributed by atoms with Crippen molar-refractivity contribution in [3.8, 4) is 34.1 Å². The smallest absolute Gasteiger partial charge is 0.342 e. The van der Waals surface area contributed by atoms with Crippen LogP contribution in [0.3, 0.4) is 0 Å². The van der Waals surface area contributed by atoms with Crippen molar-refractivity contribution < 1.29 is 46.5 Å². The van der Waals surface area contributed by atoms with Gasteiger partial charge in [-0.3, -0.25) is 0 Å². The molecule has 0 fully saturated rings. The summed E-state index contributed by atoms with van der Waals surface area (Å²) in [4.78, 5) is 24.6. The Morgan fingerprint density at radius 1 is 0.750 bits per heavy atom. The number of benzene rings is 4. The lowest BCUT2D eigenvalue weighted by Gasteiger charge is -2.05. The summed E-state index contributed by atoms with van der Waals surface area (Å²) in [5.74, 6) is -0.657. The third-order valence-corrected chi connectivity index (χ3v) is 7.31. The number of methoxy groups -OCH3 is 2. The molecule has 4 aromatic carbocycles. The van der Waals surface area contributed by atoms with E-state index in [0.717, 1.165) is 0 Å². The van der Waals surface area contributed by atoms with Crippen LogP contribution in [0, 0.1) is 11.6 Å². The molecule has 1 N–H and O–H groups in total. The second-order valence-electron chi connectivity index (χ2n) is 10.3. The maximum absolute atomic E-state index is 13.2. The van der Waals surface area contributed by atoms with Gasteiger partial charge in [-0.1, -0.05) is 18.7 Å². The van der Waals surface area contributed by atoms with E-state index in [1.807, 2.05) is 0 Å². The largest absolute Gasteiger partial charge is 0.508 e. The van der Waals surface area contributed by atoms with E-state index in [1.54, 1.807) is 48.6 Å². The van der Waals surface area contributed by atoms with Gasteiger partial charge in [-0.05, 0) is 85.3 Å². The van der Waals surface area contributed by atoms with E-state index in [0.29, 0.717) is 63.2 Å². The molecule has 6 rings (SSSR count). The molecule has 0 aliphatic rings.